The summed E-state index contributed by atoms with van der Waals surface area (Å²) in [5, 5.41) is 4.61. The molecule has 18 heavy (non-hydrogen) atoms. The molecule has 5 heteroatoms. The minimum absolute atomic E-state index is 0.105. The topological polar surface area (TPSA) is 30.2 Å². The van der Waals surface area contributed by atoms with Crippen molar-refractivity contribution >= 4 is 59.9 Å². The number of furan rings is 1. The van der Waals surface area contributed by atoms with Crippen LogP contribution in [0.5, 0.6) is 0 Å². The summed E-state index contributed by atoms with van der Waals surface area (Å²) in [6.45, 7) is 0. The zero-order valence-electron chi connectivity index (χ0n) is 8.94. The third-order valence-corrected chi connectivity index (χ3v) is 4.91. The summed E-state index contributed by atoms with van der Waals surface area (Å²) < 4.78 is 7.28. The van der Waals surface area contributed by atoms with E-state index in [9.17, 15) is 4.79 Å². The minimum atomic E-state index is -0.105. The molecule has 0 aliphatic heterocycles. The Balaban J connectivity index is 2.13. The van der Waals surface area contributed by atoms with E-state index in [0.717, 1.165) is 14.3 Å². The maximum atomic E-state index is 12.3. The third-order valence-electron chi connectivity index (χ3n) is 2.58. The molecule has 0 radical (unpaired) electrons. The molecule has 0 amide bonds. The number of fused-ring (bicyclic) bond motifs is 1. The van der Waals surface area contributed by atoms with Gasteiger partial charge in [0, 0.05) is 20.6 Å². The molecule has 1 aromatic carbocycles. The molecule has 0 fully saturated rings. The molecule has 0 aliphatic rings. The van der Waals surface area contributed by atoms with Crippen molar-refractivity contribution in [3.63, 3.8) is 0 Å². The second kappa shape index (κ2) is 4.64. The van der Waals surface area contributed by atoms with Gasteiger partial charge in [0.25, 0.3) is 0 Å². The Kier molecular flexibility index (Phi) is 3.13. The lowest BCUT2D eigenvalue weighted by Gasteiger charge is -1.94. The number of para-hydroxylation sites is 1. The van der Waals surface area contributed by atoms with E-state index in [0.29, 0.717) is 16.9 Å². The second-order valence-corrected chi connectivity index (χ2v) is 6.18. The molecule has 0 N–H and O–H groups in total. The summed E-state index contributed by atoms with van der Waals surface area (Å²) in [6.07, 6.45) is 0. The fourth-order valence-electron chi connectivity index (χ4n) is 1.72. The molecular weight excluding hydrogens is 380 g/mol. The molecule has 0 unspecified atom stereocenters. The Morgan fingerprint density at radius 3 is 2.67 bits per heavy atom. The highest BCUT2D eigenvalue weighted by Gasteiger charge is 2.18. The molecule has 90 valence electrons. The fourth-order valence-corrected chi connectivity index (χ4v) is 3.63. The smallest absolute Gasteiger partial charge is 0.230 e. The highest BCUT2D eigenvalue weighted by Crippen LogP contribution is 2.30. The molecule has 2 aromatic heterocycles. The van der Waals surface area contributed by atoms with E-state index in [1.165, 1.54) is 11.3 Å². The van der Waals surface area contributed by atoms with E-state index in [2.05, 4.69) is 31.9 Å². The van der Waals surface area contributed by atoms with Crippen LogP contribution in [0.15, 0.2) is 48.4 Å². The van der Waals surface area contributed by atoms with Crippen molar-refractivity contribution in [2.75, 3.05) is 0 Å². The summed E-state index contributed by atoms with van der Waals surface area (Å²) in [5.41, 5.74) is 1.34. The van der Waals surface area contributed by atoms with Gasteiger partial charge in [-0.1, -0.05) is 12.1 Å². The molecule has 0 aliphatic carbocycles. The van der Waals surface area contributed by atoms with Gasteiger partial charge in [0.15, 0.2) is 5.76 Å². The van der Waals surface area contributed by atoms with Gasteiger partial charge in [-0.15, -0.1) is 0 Å². The van der Waals surface area contributed by atoms with Gasteiger partial charge < -0.3 is 4.42 Å². The SMILES string of the molecule is O=C(c1cc2cccc(Br)c2o1)c1cscc1Br. The molecule has 3 aromatic rings. The molecule has 2 heterocycles. The van der Waals surface area contributed by atoms with Gasteiger partial charge in [-0.25, -0.2) is 0 Å². The van der Waals surface area contributed by atoms with Gasteiger partial charge >= 0.3 is 0 Å². The average molecular weight is 386 g/mol. The molecule has 3 rings (SSSR count). The number of ketones is 1. The predicted octanol–water partition coefficient (Wildman–Crippen LogP) is 5.25. The minimum Gasteiger partial charge on any atom is -0.451 e. The monoisotopic (exact) mass is 384 g/mol. The first-order chi connectivity index (χ1) is 8.66. The summed E-state index contributed by atoms with van der Waals surface area (Å²) >= 11 is 8.25. The van der Waals surface area contributed by atoms with E-state index >= 15 is 0 Å². The summed E-state index contributed by atoms with van der Waals surface area (Å²) in [7, 11) is 0. The van der Waals surface area contributed by atoms with Crippen molar-refractivity contribution in [2.45, 2.75) is 0 Å². The standard InChI is InChI=1S/C13H6Br2O2S/c14-9-3-1-2-7-4-11(17-13(7)9)12(16)8-5-18-6-10(8)15/h1-6H. The van der Waals surface area contributed by atoms with Crippen LogP contribution in [0.3, 0.4) is 0 Å². The highest BCUT2D eigenvalue weighted by atomic mass is 79.9. The molecular formula is C13H6Br2O2S. The van der Waals surface area contributed by atoms with Gasteiger partial charge in [0.05, 0.1) is 10.0 Å². The van der Waals surface area contributed by atoms with E-state index in [-0.39, 0.29) is 5.78 Å². The first kappa shape index (κ1) is 12.1. The lowest BCUT2D eigenvalue weighted by atomic mass is 10.1. The van der Waals surface area contributed by atoms with Crippen LogP contribution in [-0.4, -0.2) is 5.78 Å². The molecule has 2 nitrogen and oxygen atoms in total. The number of halogens is 2. The van der Waals surface area contributed by atoms with Gasteiger partial charge in [0.2, 0.25) is 5.78 Å². The van der Waals surface area contributed by atoms with Crippen LogP contribution < -0.4 is 0 Å². The number of carbonyl (C=O) groups is 1. The van der Waals surface area contributed by atoms with Crippen LogP contribution in [-0.2, 0) is 0 Å². The van der Waals surface area contributed by atoms with Gasteiger partial charge in [0.1, 0.15) is 5.58 Å². The van der Waals surface area contributed by atoms with Crippen LogP contribution in [0.2, 0.25) is 0 Å². The van der Waals surface area contributed by atoms with Crippen LogP contribution >= 0.6 is 43.2 Å². The Morgan fingerprint density at radius 2 is 2.00 bits per heavy atom. The Bertz CT molecular complexity index is 742. The predicted molar refractivity (Wildman–Crippen MR) is 79.4 cm³/mol. The first-order valence-electron chi connectivity index (χ1n) is 5.11. The normalized spacial score (nSPS) is 11.0. The van der Waals surface area contributed by atoms with Crippen LogP contribution in [0.4, 0.5) is 0 Å². The Hall–Kier alpha value is -0.910. The molecule has 0 atom stereocenters. The number of benzene rings is 1. The number of thiophene rings is 1. The molecule has 0 saturated carbocycles. The van der Waals surface area contributed by atoms with Crippen molar-refractivity contribution in [1.82, 2.24) is 0 Å². The number of carbonyl (C=O) groups excluding carboxylic acids is 1. The van der Waals surface area contributed by atoms with Crippen molar-refractivity contribution < 1.29 is 9.21 Å². The van der Waals surface area contributed by atoms with Crippen molar-refractivity contribution in [3.8, 4) is 0 Å². The number of hydrogen-bond donors (Lipinski definition) is 0. The van der Waals surface area contributed by atoms with Crippen molar-refractivity contribution in [2.24, 2.45) is 0 Å². The van der Waals surface area contributed by atoms with Crippen LogP contribution in [0.25, 0.3) is 11.0 Å². The fraction of sp³-hybridized carbons (Fsp3) is 0. The van der Waals surface area contributed by atoms with Gasteiger partial charge in [-0.3, -0.25) is 4.79 Å². The zero-order valence-corrected chi connectivity index (χ0v) is 12.9. The third kappa shape index (κ3) is 1.96. The van der Waals surface area contributed by atoms with Crippen LogP contribution in [0.1, 0.15) is 16.1 Å². The van der Waals surface area contributed by atoms with Crippen molar-refractivity contribution in [1.29, 1.82) is 0 Å². The maximum absolute atomic E-state index is 12.3. The maximum Gasteiger partial charge on any atom is 0.230 e. The van der Waals surface area contributed by atoms with Crippen molar-refractivity contribution in [3.05, 3.63) is 55.3 Å². The Morgan fingerprint density at radius 1 is 1.17 bits per heavy atom. The van der Waals surface area contributed by atoms with E-state index in [1.807, 2.05) is 29.0 Å². The van der Waals surface area contributed by atoms with Gasteiger partial charge in [-0.2, -0.15) is 11.3 Å². The summed E-state index contributed by atoms with van der Waals surface area (Å²) in [6, 6.07) is 7.49. The quantitative estimate of drug-likeness (QED) is 0.564. The first-order valence-corrected chi connectivity index (χ1v) is 7.64. The number of hydrogen-bond acceptors (Lipinski definition) is 3. The van der Waals surface area contributed by atoms with E-state index in [1.54, 1.807) is 6.07 Å². The Labute approximate surface area is 124 Å². The van der Waals surface area contributed by atoms with Crippen LogP contribution in [0, 0.1) is 0 Å². The number of rotatable bonds is 2. The second-order valence-electron chi connectivity index (χ2n) is 3.73. The molecule has 0 saturated heterocycles. The summed E-state index contributed by atoms with van der Waals surface area (Å²) in [4.78, 5) is 12.3. The van der Waals surface area contributed by atoms with E-state index < -0.39 is 0 Å². The average Bonchev–Trinajstić information content (AvgIpc) is 2.95. The zero-order chi connectivity index (χ0) is 12.7. The highest BCUT2D eigenvalue weighted by molar-refractivity contribution is 9.11. The van der Waals surface area contributed by atoms with Gasteiger partial charge in [-0.05, 0) is 44.0 Å². The lowest BCUT2D eigenvalue weighted by molar-refractivity contribution is 0.101. The summed E-state index contributed by atoms with van der Waals surface area (Å²) in [5.74, 6) is 0.252. The molecule has 0 bridgehead atoms. The lowest BCUT2D eigenvalue weighted by Crippen LogP contribution is -1.97. The van der Waals surface area contributed by atoms with E-state index in [4.69, 9.17) is 4.42 Å². The molecule has 0 spiro atoms. The largest absolute Gasteiger partial charge is 0.451 e.